The number of hydroxylamine groups is 1. The molecule has 4 N–H and O–H groups in total. The average molecular weight is 479 g/mol. The summed E-state index contributed by atoms with van der Waals surface area (Å²) >= 11 is 0. The van der Waals surface area contributed by atoms with Crippen molar-refractivity contribution in [2.75, 3.05) is 12.1 Å². The molecule has 0 saturated heterocycles. The van der Waals surface area contributed by atoms with Crippen LogP contribution in [0.1, 0.15) is 31.4 Å². The van der Waals surface area contributed by atoms with E-state index in [-0.39, 0.29) is 18.5 Å². The number of fused-ring (bicyclic) bond motifs is 2. The molecular weight excluding hydrogens is 452 g/mol. The van der Waals surface area contributed by atoms with Crippen LogP contribution in [0.25, 0.3) is 10.8 Å². The third kappa shape index (κ3) is 5.64. The normalized spacial score (nSPS) is 14.0. The number of carbonyl (C=O) groups is 2. The van der Waals surface area contributed by atoms with Gasteiger partial charge in [-0.15, -0.1) is 0 Å². The number of phenolic OH excluding ortho intramolecular Hbond substituents is 1. The van der Waals surface area contributed by atoms with Gasteiger partial charge in [-0.2, -0.15) is 0 Å². The molecule has 0 radical (unpaired) electrons. The molecular formula is C26H26N2O7. The summed E-state index contributed by atoms with van der Waals surface area (Å²) in [5.74, 6) is 0.522. The first-order chi connectivity index (χ1) is 17.0. The maximum absolute atomic E-state index is 12.9. The average Bonchev–Trinajstić information content (AvgIpc) is 3.33. The lowest BCUT2D eigenvalue weighted by molar-refractivity contribution is -0.124. The number of rotatable bonds is 8. The number of phenols is 1. The second-order valence-electron chi connectivity index (χ2n) is 8.17. The van der Waals surface area contributed by atoms with E-state index in [1.807, 2.05) is 25.1 Å². The molecule has 3 aromatic rings. The topological polar surface area (TPSA) is 126 Å². The van der Waals surface area contributed by atoms with Crippen molar-refractivity contribution >= 4 is 28.5 Å². The molecule has 0 spiro atoms. The van der Waals surface area contributed by atoms with Crippen molar-refractivity contribution in [1.29, 1.82) is 0 Å². The highest BCUT2D eigenvalue weighted by Crippen LogP contribution is 2.38. The maximum atomic E-state index is 12.9. The lowest BCUT2D eigenvalue weighted by Crippen LogP contribution is -2.22. The van der Waals surface area contributed by atoms with Gasteiger partial charge in [0, 0.05) is 28.8 Å². The summed E-state index contributed by atoms with van der Waals surface area (Å²) < 4.78 is 16.6. The van der Waals surface area contributed by atoms with E-state index in [4.69, 9.17) is 19.4 Å². The first-order valence-corrected chi connectivity index (χ1v) is 11.1. The number of carbonyl (C=O) groups excluding carboxylic acids is 2. The van der Waals surface area contributed by atoms with E-state index < -0.39 is 18.1 Å². The van der Waals surface area contributed by atoms with E-state index in [0.717, 1.165) is 10.9 Å². The number of anilines is 1. The summed E-state index contributed by atoms with van der Waals surface area (Å²) in [5, 5.41) is 23.1. The van der Waals surface area contributed by atoms with Crippen LogP contribution >= 0.6 is 0 Å². The first kappa shape index (κ1) is 23.9. The minimum absolute atomic E-state index is 0.130. The highest BCUT2D eigenvalue weighted by atomic mass is 16.7. The lowest BCUT2D eigenvalue weighted by atomic mass is 9.89. The minimum Gasteiger partial charge on any atom is -0.507 e. The minimum atomic E-state index is -0.645. The van der Waals surface area contributed by atoms with Gasteiger partial charge >= 0.3 is 6.09 Å². The van der Waals surface area contributed by atoms with Gasteiger partial charge in [-0.3, -0.25) is 15.3 Å². The lowest BCUT2D eigenvalue weighted by Gasteiger charge is -2.26. The molecule has 0 aliphatic carbocycles. The summed E-state index contributed by atoms with van der Waals surface area (Å²) in [4.78, 5) is 24.1. The van der Waals surface area contributed by atoms with Crippen molar-refractivity contribution in [2.45, 2.75) is 25.9 Å². The molecule has 1 aliphatic rings. The zero-order chi connectivity index (χ0) is 24.8. The maximum Gasteiger partial charge on any atom is 0.412 e. The number of aromatic hydroxyl groups is 1. The Bertz CT molecular complexity index is 1260. The quantitative estimate of drug-likeness (QED) is 0.203. The fourth-order valence-corrected chi connectivity index (χ4v) is 4.02. The molecule has 3 aromatic carbocycles. The van der Waals surface area contributed by atoms with Crippen LogP contribution in [0.2, 0.25) is 0 Å². The smallest absolute Gasteiger partial charge is 0.412 e. The van der Waals surface area contributed by atoms with Gasteiger partial charge in [0.25, 0.3) is 5.91 Å². The Morgan fingerprint density at radius 1 is 1.09 bits per heavy atom. The third-order valence-electron chi connectivity index (χ3n) is 5.78. The fourth-order valence-electron chi connectivity index (χ4n) is 4.02. The first-order valence-electron chi connectivity index (χ1n) is 11.1. The van der Waals surface area contributed by atoms with Gasteiger partial charge in [0.15, 0.2) is 11.5 Å². The number of amides is 2. The van der Waals surface area contributed by atoms with E-state index >= 15 is 0 Å². The molecule has 2 atom stereocenters. The zero-order valence-electron chi connectivity index (χ0n) is 19.1. The molecule has 0 aromatic heterocycles. The predicted octanol–water partition coefficient (Wildman–Crippen LogP) is 5.04. The van der Waals surface area contributed by atoms with Gasteiger partial charge in [-0.05, 0) is 42.3 Å². The van der Waals surface area contributed by atoms with Gasteiger partial charge in [0.2, 0.25) is 6.79 Å². The molecule has 2 amide bonds. The van der Waals surface area contributed by atoms with E-state index in [2.05, 4.69) is 5.32 Å². The highest BCUT2D eigenvalue weighted by Gasteiger charge is 2.26. The largest absolute Gasteiger partial charge is 0.507 e. The van der Waals surface area contributed by atoms with Gasteiger partial charge in [-0.25, -0.2) is 10.3 Å². The summed E-state index contributed by atoms with van der Waals surface area (Å²) in [5.41, 5.74) is 2.80. The Morgan fingerprint density at radius 2 is 1.86 bits per heavy atom. The van der Waals surface area contributed by atoms with E-state index in [9.17, 15) is 14.7 Å². The Kier molecular flexibility index (Phi) is 7.37. The number of hydrogen-bond acceptors (Lipinski definition) is 7. The molecule has 1 heterocycles. The van der Waals surface area contributed by atoms with Crippen LogP contribution in [-0.2, 0) is 9.53 Å². The number of nitrogens with one attached hydrogen (secondary N) is 2. The number of ether oxygens (including phenoxy) is 3. The molecule has 9 heteroatoms. The summed E-state index contributed by atoms with van der Waals surface area (Å²) in [7, 11) is 0. The molecule has 0 bridgehead atoms. The van der Waals surface area contributed by atoms with Crippen molar-refractivity contribution in [3.05, 3.63) is 72.3 Å². The Hall–Kier alpha value is -4.24. The van der Waals surface area contributed by atoms with E-state index in [1.165, 1.54) is 6.08 Å². The van der Waals surface area contributed by atoms with Crippen LogP contribution in [0, 0.1) is 5.92 Å². The standard InChI is InChI=1S/C26H26N2O7/c1-16(6-2-5-9-24(30)28-32)25(20-11-12-21(29)19-8-4-3-7-18(19)20)35-26(31)27-17-10-13-22-23(14-17)34-15-33-22/h3-5,7-14,16,25,29,32H,2,6,15H2,1H3,(H,27,31)(H,28,30)/b9-5+/t16-,25-/m0/s1. The molecule has 182 valence electrons. The van der Waals surface area contributed by atoms with Crippen molar-refractivity contribution in [2.24, 2.45) is 5.92 Å². The highest BCUT2D eigenvalue weighted by molar-refractivity contribution is 5.92. The van der Waals surface area contributed by atoms with Crippen molar-refractivity contribution in [1.82, 2.24) is 5.48 Å². The van der Waals surface area contributed by atoms with Crippen LogP contribution in [-0.4, -0.2) is 29.1 Å². The summed E-state index contributed by atoms with van der Waals surface area (Å²) in [6.07, 6.45) is 2.70. The van der Waals surface area contributed by atoms with Crippen LogP contribution in [0.4, 0.5) is 10.5 Å². The Balaban J connectivity index is 1.56. The van der Waals surface area contributed by atoms with E-state index in [0.29, 0.717) is 35.4 Å². The van der Waals surface area contributed by atoms with Crippen LogP contribution in [0.5, 0.6) is 17.2 Å². The third-order valence-corrected chi connectivity index (χ3v) is 5.78. The van der Waals surface area contributed by atoms with E-state index in [1.54, 1.807) is 48.0 Å². The fraction of sp³-hybridized carbons (Fsp3) is 0.231. The molecule has 0 unspecified atom stereocenters. The molecule has 35 heavy (non-hydrogen) atoms. The van der Waals surface area contributed by atoms with Crippen LogP contribution in [0.3, 0.4) is 0 Å². The van der Waals surface area contributed by atoms with Crippen LogP contribution in [0.15, 0.2) is 66.7 Å². The molecule has 0 fully saturated rings. The van der Waals surface area contributed by atoms with Crippen molar-refractivity contribution in [3.8, 4) is 17.2 Å². The predicted molar refractivity (Wildman–Crippen MR) is 128 cm³/mol. The van der Waals surface area contributed by atoms with Gasteiger partial charge < -0.3 is 19.3 Å². The van der Waals surface area contributed by atoms with Gasteiger partial charge in [-0.1, -0.05) is 43.3 Å². The SMILES string of the molecule is C[C@@H](CC/C=C/C(=O)NO)[C@H](OC(=O)Nc1ccc2c(c1)OCO2)c1ccc(O)c2ccccc12. The molecule has 1 aliphatic heterocycles. The Labute approximate surface area is 201 Å². The van der Waals surface area contributed by atoms with Gasteiger partial charge in [0.05, 0.1) is 0 Å². The monoisotopic (exact) mass is 478 g/mol. The van der Waals surface area contributed by atoms with Crippen molar-refractivity contribution < 1.29 is 34.1 Å². The van der Waals surface area contributed by atoms with Crippen molar-refractivity contribution in [3.63, 3.8) is 0 Å². The molecule has 9 nitrogen and oxygen atoms in total. The van der Waals surface area contributed by atoms with Gasteiger partial charge in [0.1, 0.15) is 11.9 Å². The van der Waals surface area contributed by atoms with Crippen LogP contribution < -0.4 is 20.3 Å². The second kappa shape index (κ2) is 10.8. The number of allylic oxidation sites excluding steroid dienone is 1. The molecule has 0 saturated carbocycles. The number of hydrogen-bond donors (Lipinski definition) is 4. The zero-order valence-corrected chi connectivity index (χ0v) is 19.1. The summed E-state index contributed by atoms with van der Waals surface area (Å²) in [6, 6.07) is 15.8. The Morgan fingerprint density at radius 3 is 2.66 bits per heavy atom. The summed E-state index contributed by atoms with van der Waals surface area (Å²) in [6.45, 7) is 2.07. The number of benzene rings is 3. The second-order valence-corrected chi connectivity index (χ2v) is 8.17. The molecule has 4 rings (SSSR count).